The first-order valence-corrected chi connectivity index (χ1v) is 7.59. The van der Waals surface area contributed by atoms with E-state index < -0.39 is 0 Å². The van der Waals surface area contributed by atoms with E-state index in [1.807, 2.05) is 42.5 Å². The van der Waals surface area contributed by atoms with Crippen LogP contribution < -0.4 is 0 Å². The van der Waals surface area contributed by atoms with Gasteiger partial charge in [0.2, 0.25) is 0 Å². The largest absolute Gasteiger partial charge is 0.374 e. The standard InChI is InChI=1S/C19H17N4.Ir/c1-13-6-4-7-14(2)17(13)23-11-10-20-19(23)15-8-5-9-16-18(15)22(3)12-21-16;/h4-7,9-12H,1-3H3;/q-1;. The zero-order valence-electron chi connectivity index (χ0n) is 13.7. The zero-order valence-corrected chi connectivity index (χ0v) is 16.1. The predicted octanol–water partition coefficient (Wildman–Crippen LogP) is 3.84. The minimum absolute atomic E-state index is 0. The molecular weight excluding hydrogens is 476 g/mol. The summed E-state index contributed by atoms with van der Waals surface area (Å²) < 4.78 is 4.16. The maximum atomic E-state index is 4.61. The number of nitrogens with zero attached hydrogens (tertiary/aromatic N) is 4. The van der Waals surface area contributed by atoms with Gasteiger partial charge in [0.15, 0.2) is 0 Å². The van der Waals surface area contributed by atoms with Crippen LogP contribution in [-0.2, 0) is 27.2 Å². The second kappa shape index (κ2) is 6.34. The Bertz CT molecular complexity index is 993. The van der Waals surface area contributed by atoms with Gasteiger partial charge in [-0.2, -0.15) is 0 Å². The van der Waals surface area contributed by atoms with E-state index in [-0.39, 0.29) is 20.1 Å². The third kappa shape index (κ3) is 2.50. The number of para-hydroxylation sites is 1. The molecule has 0 bridgehead atoms. The Morgan fingerprint density at radius 3 is 2.54 bits per heavy atom. The smallest absolute Gasteiger partial charge is 0.0852 e. The van der Waals surface area contributed by atoms with Crippen LogP contribution in [0.25, 0.3) is 28.1 Å². The first-order valence-electron chi connectivity index (χ1n) is 7.59. The van der Waals surface area contributed by atoms with Crippen LogP contribution in [0, 0.1) is 19.9 Å². The van der Waals surface area contributed by atoms with Crippen LogP contribution in [0.1, 0.15) is 11.1 Å². The van der Waals surface area contributed by atoms with Crippen molar-refractivity contribution in [1.29, 1.82) is 0 Å². The Morgan fingerprint density at radius 1 is 1.04 bits per heavy atom. The molecule has 4 aromatic rings. The molecule has 0 fully saturated rings. The van der Waals surface area contributed by atoms with E-state index in [9.17, 15) is 0 Å². The Morgan fingerprint density at radius 2 is 1.79 bits per heavy atom. The molecule has 5 heteroatoms. The molecule has 0 aliphatic rings. The van der Waals surface area contributed by atoms with Crippen molar-refractivity contribution in [2.24, 2.45) is 7.05 Å². The normalized spacial score (nSPS) is 10.8. The van der Waals surface area contributed by atoms with E-state index >= 15 is 0 Å². The van der Waals surface area contributed by atoms with Gasteiger partial charge < -0.3 is 9.13 Å². The van der Waals surface area contributed by atoms with Gasteiger partial charge in [0.05, 0.1) is 12.2 Å². The summed E-state index contributed by atoms with van der Waals surface area (Å²) in [6.07, 6.45) is 5.67. The van der Waals surface area contributed by atoms with Gasteiger partial charge >= 0.3 is 0 Å². The summed E-state index contributed by atoms with van der Waals surface area (Å²) in [5, 5.41) is 0. The van der Waals surface area contributed by atoms with Gasteiger partial charge in [0.25, 0.3) is 0 Å². The van der Waals surface area contributed by atoms with Gasteiger partial charge in [-0.15, -0.1) is 18.2 Å². The third-order valence-corrected chi connectivity index (χ3v) is 4.22. The van der Waals surface area contributed by atoms with Crippen molar-refractivity contribution in [2.45, 2.75) is 13.8 Å². The molecular formula is C19H17IrN4-. The molecule has 0 aliphatic carbocycles. The maximum absolute atomic E-state index is 4.61. The van der Waals surface area contributed by atoms with Gasteiger partial charge in [-0.25, -0.2) is 0 Å². The van der Waals surface area contributed by atoms with Crippen LogP contribution in [0.5, 0.6) is 0 Å². The first kappa shape index (κ1) is 16.6. The summed E-state index contributed by atoms with van der Waals surface area (Å²) in [7, 11) is 2.00. The molecule has 2 aromatic carbocycles. The summed E-state index contributed by atoms with van der Waals surface area (Å²) in [5.74, 6) is 0.886. The average Bonchev–Trinajstić information content (AvgIpc) is 3.15. The maximum Gasteiger partial charge on any atom is 0.0852 e. The molecule has 2 aromatic heterocycles. The Kier molecular flexibility index (Phi) is 4.39. The Hall–Kier alpha value is -2.23. The number of imidazole rings is 2. The molecule has 123 valence electrons. The summed E-state index contributed by atoms with van der Waals surface area (Å²) in [6.45, 7) is 4.25. The fourth-order valence-electron chi connectivity index (χ4n) is 3.17. The minimum Gasteiger partial charge on any atom is -0.374 e. The Labute approximate surface area is 154 Å². The monoisotopic (exact) mass is 494 g/mol. The van der Waals surface area contributed by atoms with Crippen LogP contribution in [-0.4, -0.2) is 19.1 Å². The van der Waals surface area contributed by atoms with Gasteiger partial charge in [-0.3, -0.25) is 9.97 Å². The molecule has 0 aliphatic heterocycles. The van der Waals surface area contributed by atoms with Crippen molar-refractivity contribution in [3.63, 3.8) is 0 Å². The second-order valence-corrected chi connectivity index (χ2v) is 5.80. The Balaban J connectivity index is 0.00000169. The molecule has 4 nitrogen and oxygen atoms in total. The fraction of sp³-hybridized carbons (Fsp3) is 0.158. The van der Waals surface area contributed by atoms with Crippen LogP contribution >= 0.6 is 0 Å². The van der Waals surface area contributed by atoms with Gasteiger partial charge in [-0.05, 0) is 30.5 Å². The first-order chi connectivity index (χ1) is 11.2. The molecule has 0 atom stereocenters. The van der Waals surface area contributed by atoms with Gasteiger partial charge in [0, 0.05) is 50.8 Å². The SMILES string of the molecule is Cc1cccc(C)c1-n1ccnc1-c1[c-]ccc2ncn(C)c12.[Ir]. The number of fused-ring (bicyclic) bond motifs is 1. The fourth-order valence-corrected chi connectivity index (χ4v) is 3.17. The number of hydrogen-bond donors (Lipinski definition) is 0. The van der Waals surface area contributed by atoms with E-state index in [4.69, 9.17) is 0 Å². The molecule has 1 radical (unpaired) electrons. The molecule has 0 spiro atoms. The number of aryl methyl sites for hydroxylation is 3. The van der Waals surface area contributed by atoms with Crippen molar-refractivity contribution < 1.29 is 20.1 Å². The predicted molar refractivity (Wildman–Crippen MR) is 91.6 cm³/mol. The number of rotatable bonds is 2. The van der Waals surface area contributed by atoms with E-state index in [2.05, 4.69) is 52.6 Å². The summed E-state index contributed by atoms with van der Waals surface area (Å²) in [6, 6.07) is 13.6. The number of benzene rings is 2. The van der Waals surface area contributed by atoms with E-state index in [0.717, 1.165) is 22.4 Å². The molecule has 2 heterocycles. The van der Waals surface area contributed by atoms with Crippen molar-refractivity contribution in [2.75, 3.05) is 0 Å². The molecule has 0 unspecified atom stereocenters. The topological polar surface area (TPSA) is 35.6 Å². The van der Waals surface area contributed by atoms with E-state index in [0.29, 0.717) is 0 Å². The van der Waals surface area contributed by atoms with Crippen molar-refractivity contribution >= 4 is 11.0 Å². The third-order valence-electron chi connectivity index (χ3n) is 4.22. The molecule has 24 heavy (non-hydrogen) atoms. The number of aromatic nitrogens is 4. The summed E-state index contributed by atoms with van der Waals surface area (Å²) in [4.78, 5) is 9.04. The van der Waals surface area contributed by atoms with Crippen molar-refractivity contribution in [3.05, 3.63) is 66.2 Å². The molecule has 0 saturated carbocycles. The van der Waals surface area contributed by atoms with Crippen molar-refractivity contribution in [3.8, 4) is 17.1 Å². The molecule has 0 amide bonds. The average molecular weight is 494 g/mol. The zero-order chi connectivity index (χ0) is 16.0. The van der Waals surface area contributed by atoms with Crippen LogP contribution in [0.3, 0.4) is 0 Å². The van der Waals surface area contributed by atoms with Crippen molar-refractivity contribution in [1.82, 2.24) is 19.1 Å². The van der Waals surface area contributed by atoms with Gasteiger partial charge in [-0.1, -0.05) is 23.8 Å². The van der Waals surface area contributed by atoms with Gasteiger partial charge in [0.1, 0.15) is 0 Å². The number of hydrogen-bond acceptors (Lipinski definition) is 2. The van der Waals surface area contributed by atoms with E-state index in [1.54, 1.807) is 0 Å². The summed E-state index contributed by atoms with van der Waals surface area (Å²) >= 11 is 0. The second-order valence-electron chi connectivity index (χ2n) is 5.80. The quantitative estimate of drug-likeness (QED) is 0.398. The molecule has 4 rings (SSSR count). The summed E-state index contributed by atoms with van der Waals surface area (Å²) in [5.41, 5.74) is 6.59. The molecule has 0 N–H and O–H groups in total. The minimum atomic E-state index is 0. The molecule has 0 saturated heterocycles. The van der Waals surface area contributed by atoms with E-state index in [1.165, 1.54) is 16.8 Å². The van der Waals surface area contributed by atoms with Crippen LogP contribution in [0.15, 0.2) is 49.1 Å². The van der Waals surface area contributed by atoms with Crippen LogP contribution in [0.2, 0.25) is 0 Å². The van der Waals surface area contributed by atoms with Crippen LogP contribution in [0.4, 0.5) is 0 Å².